The van der Waals surface area contributed by atoms with E-state index in [1.807, 2.05) is 25.1 Å². The second-order valence-electron chi connectivity index (χ2n) is 7.53. The Morgan fingerprint density at radius 2 is 2.15 bits per heavy atom. The van der Waals surface area contributed by atoms with Gasteiger partial charge >= 0.3 is 5.97 Å². The van der Waals surface area contributed by atoms with Gasteiger partial charge in [0.15, 0.2) is 0 Å². The monoisotopic (exact) mass is 372 g/mol. The molecular weight excluding hydrogens is 344 g/mol. The van der Waals surface area contributed by atoms with Crippen molar-refractivity contribution < 1.29 is 19.2 Å². The van der Waals surface area contributed by atoms with Crippen LogP contribution in [-0.2, 0) is 19.2 Å². The topological polar surface area (TPSA) is 68.2 Å². The van der Waals surface area contributed by atoms with Crippen LogP contribution in [0.5, 0.6) is 0 Å². The minimum atomic E-state index is -0.721. The van der Waals surface area contributed by atoms with Crippen LogP contribution in [0.15, 0.2) is 29.4 Å². The summed E-state index contributed by atoms with van der Waals surface area (Å²) in [4.78, 5) is 32.2. The molecule has 0 aliphatic carbocycles. The molecule has 1 aromatic rings. The molecule has 146 valence electrons. The minimum absolute atomic E-state index is 0.00689. The molecule has 2 aliphatic heterocycles. The van der Waals surface area contributed by atoms with Gasteiger partial charge in [-0.15, -0.1) is 0 Å². The molecule has 2 atom stereocenters. The highest BCUT2D eigenvalue weighted by atomic mass is 16.6. The molecule has 0 bridgehead atoms. The van der Waals surface area contributed by atoms with E-state index in [0.29, 0.717) is 39.0 Å². The van der Waals surface area contributed by atoms with Crippen LogP contribution in [0.2, 0.25) is 0 Å². The highest BCUT2D eigenvalue weighted by molar-refractivity contribution is 6.02. The van der Waals surface area contributed by atoms with Crippen LogP contribution in [0.1, 0.15) is 50.7 Å². The number of nitrogens with zero attached hydrogens (tertiary/aromatic N) is 2. The SMILES string of the molecule is CCOC(=O)[C@]1(C[C@H]2CC(c3ccccc3C)=NO2)CCCN(C(C)=O)C1. The van der Waals surface area contributed by atoms with E-state index in [0.717, 1.165) is 23.3 Å². The van der Waals surface area contributed by atoms with E-state index < -0.39 is 5.41 Å². The van der Waals surface area contributed by atoms with Crippen molar-refractivity contribution in [3.63, 3.8) is 0 Å². The lowest BCUT2D eigenvalue weighted by Crippen LogP contribution is -2.51. The van der Waals surface area contributed by atoms with E-state index in [2.05, 4.69) is 18.1 Å². The van der Waals surface area contributed by atoms with Crippen LogP contribution in [0, 0.1) is 12.3 Å². The average molecular weight is 372 g/mol. The zero-order chi connectivity index (χ0) is 19.4. The standard InChI is InChI=1S/C21H28N2O4/c1-4-26-20(25)21(10-7-11-23(14-21)16(3)24)13-17-12-19(22-27-17)18-9-6-5-8-15(18)2/h5-6,8-9,17H,4,7,10-14H2,1-3H3/t17-,21+/m1/s1. The fraction of sp³-hybridized carbons (Fsp3) is 0.571. The van der Waals surface area contributed by atoms with E-state index in [1.165, 1.54) is 0 Å². The number of amides is 1. The van der Waals surface area contributed by atoms with Crippen molar-refractivity contribution >= 4 is 17.6 Å². The normalized spacial score (nSPS) is 24.9. The van der Waals surface area contributed by atoms with Gasteiger partial charge in [-0.1, -0.05) is 29.4 Å². The van der Waals surface area contributed by atoms with Crippen molar-refractivity contribution in [3.05, 3.63) is 35.4 Å². The Morgan fingerprint density at radius 3 is 2.85 bits per heavy atom. The Bertz CT molecular complexity index is 745. The van der Waals surface area contributed by atoms with Crippen molar-refractivity contribution in [2.24, 2.45) is 10.6 Å². The number of hydrogen-bond donors (Lipinski definition) is 0. The molecule has 0 spiro atoms. The van der Waals surface area contributed by atoms with Crippen molar-refractivity contribution in [2.45, 2.75) is 52.6 Å². The van der Waals surface area contributed by atoms with Crippen molar-refractivity contribution in [1.82, 2.24) is 4.90 Å². The molecule has 1 aromatic carbocycles. The number of aryl methyl sites for hydroxylation is 1. The number of rotatable bonds is 5. The van der Waals surface area contributed by atoms with Gasteiger partial charge in [0, 0.05) is 38.4 Å². The molecular formula is C21H28N2O4. The third-order valence-electron chi connectivity index (χ3n) is 5.54. The molecule has 0 saturated carbocycles. The number of oxime groups is 1. The summed E-state index contributed by atoms with van der Waals surface area (Å²) in [5, 5.41) is 4.29. The maximum Gasteiger partial charge on any atom is 0.314 e. The molecule has 27 heavy (non-hydrogen) atoms. The van der Waals surface area contributed by atoms with E-state index >= 15 is 0 Å². The van der Waals surface area contributed by atoms with Gasteiger partial charge in [0.2, 0.25) is 5.91 Å². The quantitative estimate of drug-likeness (QED) is 0.745. The lowest BCUT2D eigenvalue weighted by atomic mass is 9.74. The number of hydrogen-bond acceptors (Lipinski definition) is 5. The molecule has 0 N–H and O–H groups in total. The zero-order valence-electron chi connectivity index (χ0n) is 16.4. The minimum Gasteiger partial charge on any atom is -0.466 e. The largest absolute Gasteiger partial charge is 0.466 e. The van der Waals surface area contributed by atoms with E-state index in [4.69, 9.17) is 9.57 Å². The Balaban J connectivity index is 1.75. The van der Waals surface area contributed by atoms with Crippen molar-refractivity contribution in [1.29, 1.82) is 0 Å². The summed E-state index contributed by atoms with van der Waals surface area (Å²) in [6.45, 7) is 6.82. The summed E-state index contributed by atoms with van der Waals surface area (Å²) in [6, 6.07) is 8.08. The Labute approximate surface area is 160 Å². The maximum atomic E-state index is 12.8. The maximum absolute atomic E-state index is 12.8. The average Bonchev–Trinajstić information content (AvgIpc) is 3.10. The Hall–Kier alpha value is -2.37. The first-order chi connectivity index (χ1) is 12.9. The highest BCUT2D eigenvalue weighted by Gasteiger charge is 2.47. The van der Waals surface area contributed by atoms with Crippen LogP contribution < -0.4 is 0 Å². The molecule has 1 amide bonds. The number of esters is 1. The smallest absolute Gasteiger partial charge is 0.314 e. The van der Waals surface area contributed by atoms with Crippen LogP contribution in [0.25, 0.3) is 0 Å². The first kappa shape index (κ1) is 19.4. The van der Waals surface area contributed by atoms with Crippen LogP contribution >= 0.6 is 0 Å². The predicted octanol–water partition coefficient (Wildman–Crippen LogP) is 3.07. The summed E-state index contributed by atoms with van der Waals surface area (Å²) in [5.41, 5.74) is 2.43. The fourth-order valence-electron chi connectivity index (χ4n) is 4.13. The summed E-state index contributed by atoms with van der Waals surface area (Å²) in [5.74, 6) is -0.239. The van der Waals surface area contributed by atoms with Gasteiger partial charge in [-0.2, -0.15) is 0 Å². The molecule has 0 radical (unpaired) electrons. The zero-order valence-corrected chi connectivity index (χ0v) is 16.4. The van der Waals surface area contributed by atoms with Crippen molar-refractivity contribution in [3.8, 4) is 0 Å². The van der Waals surface area contributed by atoms with E-state index in [9.17, 15) is 9.59 Å². The number of carbonyl (C=O) groups is 2. The van der Waals surface area contributed by atoms with Gasteiger partial charge in [0.25, 0.3) is 0 Å². The van der Waals surface area contributed by atoms with Crippen LogP contribution in [0.4, 0.5) is 0 Å². The molecule has 2 aliphatic rings. The van der Waals surface area contributed by atoms with Crippen LogP contribution in [-0.4, -0.2) is 48.3 Å². The van der Waals surface area contributed by atoms with Crippen molar-refractivity contribution in [2.75, 3.05) is 19.7 Å². The number of carbonyl (C=O) groups excluding carboxylic acids is 2. The Kier molecular flexibility index (Phi) is 5.82. The third-order valence-corrected chi connectivity index (χ3v) is 5.54. The fourth-order valence-corrected chi connectivity index (χ4v) is 4.13. The predicted molar refractivity (Wildman–Crippen MR) is 102 cm³/mol. The molecule has 6 nitrogen and oxygen atoms in total. The van der Waals surface area contributed by atoms with Gasteiger partial charge in [0.05, 0.1) is 17.7 Å². The van der Waals surface area contributed by atoms with Crippen LogP contribution in [0.3, 0.4) is 0 Å². The second-order valence-corrected chi connectivity index (χ2v) is 7.53. The molecule has 6 heteroatoms. The molecule has 2 heterocycles. The Morgan fingerprint density at radius 1 is 1.37 bits per heavy atom. The number of ether oxygens (including phenoxy) is 1. The lowest BCUT2D eigenvalue weighted by molar-refractivity contribution is -0.163. The second kappa shape index (κ2) is 8.11. The highest BCUT2D eigenvalue weighted by Crippen LogP contribution is 2.39. The molecule has 0 aromatic heterocycles. The van der Waals surface area contributed by atoms with Gasteiger partial charge in [0.1, 0.15) is 6.10 Å². The van der Waals surface area contributed by atoms with Gasteiger partial charge in [-0.25, -0.2) is 0 Å². The van der Waals surface area contributed by atoms with E-state index in [-0.39, 0.29) is 18.0 Å². The number of benzene rings is 1. The summed E-state index contributed by atoms with van der Waals surface area (Å²) >= 11 is 0. The van der Waals surface area contributed by atoms with E-state index in [1.54, 1.807) is 11.8 Å². The molecule has 1 saturated heterocycles. The van der Waals surface area contributed by atoms with Gasteiger partial charge in [-0.05, 0) is 32.3 Å². The van der Waals surface area contributed by atoms with Gasteiger partial charge < -0.3 is 14.5 Å². The number of likely N-dealkylation sites (tertiary alicyclic amines) is 1. The summed E-state index contributed by atoms with van der Waals surface area (Å²) < 4.78 is 5.38. The number of piperidine rings is 1. The molecule has 0 unspecified atom stereocenters. The van der Waals surface area contributed by atoms with Gasteiger partial charge in [-0.3, -0.25) is 9.59 Å². The first-order valence-corrected chi connectivity index (χ1v) is 9.66. The first-order valence-electron chi connectivity index (χ1n) is 9.66. The molecule has 1 fully saturated rings. The molecule has 3 rings (SSSR count). The summed E-state index contributed by atoms with van der Waals surface area (Å²) in [6.07, 6.45) is 2.47. The third kappa shape index (κ3) is 4.15. The lowest BCUT2D eigenvalue weighted by Gasteiger charge is -2.41. The summed E-state index contributed by atoms with van der Waals surface area (Å²) in [7, 11) is 0.